The molecule has 0 saturated heterocycles. The summed E-state index contributed by atoms with van der Waals surface area (Å²) in [7, 11) is 3.47. The standard InChI is InChI=1S/C23H23FN2O2S.ClH/c1-12-9-18(28-4)19(14-5-6-15(17(24)10-14)13(2)11-25-3)20-16-7-8-29-22(16)23(27)26-21(12)20;/h5-10,13,25H,11H2,1-4H3,(H,26,27);1H. The molecule has 4 rings (SSSR count). The molecule has 0 saturated carbocycles. The summed E-state index contributed by atoms with van der Waals surface area (Å²) < 4.78 is 21.4. The number of aryl methyl sites for hydroxylation is 1. The van der Waals surface area contributed by atoms with Gasteiger partial charge in [0.1, 0.15) is 16.3 Å². The smallest absolute Gasteiger partial charge is 0.266 e. The Hall–Kier alpha value is -2.41. The Morgan fingerprint density at radius 3 is 2.70 bits per heavy atom. The van der Waals surface area contributed by atoms with Crippen molar-refractivity contribution in [2.75, 3.05) is 20.7 Å². The lowest BCUT2D eigenvalue weighted by molar-refractivity contribution is 0.416. The van der Waals surface area contributed by atoms with Gasteiger partial charge in [-0.2, -0.15) is 0 Å². The first-order valence-corrected chi connectivity index (χ1v) is 10.4. The highest BCUT2D eigenvalue weighted by Crippen LogP contribution is 2.42. The van der Waals surface area contributed by atoms with Crippen molar-refractivity contribution in [3.8, 4) is 16.9 Å². The number of likely N-dealkylation sites (N-methyl/N-ethyl adjacent to an activating group) is 1. The van der Waals surface area contributed by atoms with Gasteiger partial charge in [0.25, 0.3) is 5.56 Å². The van der Waals surface area contributed by atoms with Crippen molar-refractivity contribution in [1.82, 2.24) is 10.3 Å². The van der Waals surface area contributed by atoms with Gasteiger partial charge in [0.15, 0.2) is 0 Å². The van der Waals surface area contributed by atoms with E-state index in [9.17, 15) is 4.79 Å². The SMILES string of the molecule is CNCC(C)c1ccc(-c2c(OC)cc(C)c3[nH]c(=O)c4sccc4c23)cc1F.Cl. The van der Waals surface area contributed by atoms with Gasteiger partial charge in [-0.15, -0.1) is 23.7 Å². The highest BCUT2D eigenvalue weighted by Gasteiger charge is 2.20. The van der Waals surface area contributed by atoms with Gasteiger partial charge < -0.3 is 15.0 Å². The normalized spacial score (nSPS) is 12.2. The maximum absolute atomic E-state index is 15.0. The molecule has 2 N–H and O–H groups in total. The minimum atomic E-state index is -0.244. The van der Waals surface area contributed by atoms with Crippen LogP contribution in [0.4, 0.5) is 4.39 Å². The second-order valence-corrected chi connectivity index (χ2v) is 8.25. The molecule has 1 atom stereocenters. The zero-order chi connectivity index (χ0) is 20.7. The molecule has 1 unspecified atom stereocenters. The van der Waals surface area contributed by atoms with Crippen LogP contribution in [0.5, 0.6) is 5.75 Å². The van der Waals surface area contributed by atoms with E-state index in [1.54, 1.807) is 13.2 Å². The van der Waals surface area contributed by atoms with Gasteiger partial charge in [-0.1, -0.05) is 19.1 Å². The van der Waals surface area contributed by atoms with Crippen molar-refractivity contribution in [2.45, 2.75) is 19.8 Å². The summed E-state index contributed by atoms with van der Waals surface area (Å²) in [5.74, 6) is 0.475. The molecular weight excluding hydrogens is 423 g/mol. The van der Waals surface area contributed by atoms with Crippen molar-refractivity contribution in [1.29, 1.82) is 0 Å². The zero-order valence-corrected chi connectivity index (χ0v) is 18.9. The second-order valence-electron chi connectivity index (χ2n) is 7.33. The molecule has 0 bridgehead atoms. The molecule has 0 spiro atoms. The molecule has 0 amide bonds. The van der Waals surface area contributed by atoms with Crippen LogP contribution in [0.25, 0.3) is 32.1 Å². The predicted octanol–water partition coefficient (Wildman–Crippen LogP) is 5.61. The Labute approximate surface area is 184 Å². The van der Waals surface area contributed by atoms with Crippen molar-refractivity contribution < 1.29 is 9.13 Å². The molecule has 0 aliphatic rings. The van der Waals surface area contributed by atoms with E-state index in [-0.39, 0.29) is 29.7 Å². The third-order valence-electron chi connectivity index (χ3n) is 5.42. The van der Waals surface area contributed by atoms with Crippen LogP contribution in [-0.4, -0.2) is 25.7 Å². The Balaban J connectivity index is 0.00000256. The highest BCUT2D eigenvalue weighted by atomic mass is 35.5. The molecule has 0 aliphatic heterocycles. The number of hydrogen-bond donors (Lipinski definition) is 2. The van der Waals surface area contributed by atoms with Crippen LogP contribution < -0.4 is 15.6 Å². The molecule has 2 aromatic carbocycles. The fourth-order valence-electron chi connectivity index (χ4n) is 4.02. The predicted molar refractivity (Wildman–Crippen MR) is 126 cm³/mol. The molecule has 0 fully saturated rings. The number of rotatable bonds is 5. The number of ether oxygens (including phenoxy) is 1. The van der Waals surface area contributed by atoms with Crippen molar-refractivity contribution in [2.24, 2.45) is 0 Å². The van der Waals surface area contributed by atoms with Gasteiger partial charge in [-0.3, -0.25) is 4.79 Å². The quantitative estimate of drug-likeness (QED) is 0.419. The van der Waals surface area contributed by atoms with Crippen LogP contribution in [-0.2, 0) is 0 Å². The first kappa shape index (κ1) is 22.3. The van der Waals surface area contributed by atoms with E-state index in [1.807, 2.05) is 50.5 Å². The lowest BCUT2D eigenvalue weighted by Crippen LogP contribution is -2.15. The van der Waals surface area contributed by atoms with Gasteiger partial charge >= 0.3 is 0 Å². The summed E-state index contributed by atoms with van der Waals surface area (Å²) in [6.07, 6.45) is 0. The Morgan fingerprint density at radius 2 is 2.03 bits per heavy atom. The number of hydrogen-bond acceptors (Lipinski definition) is 4. The van der Waals surface area contributed by atoms with Gasteiger partial charge in [-0.05, 0) is 60.2 Å². The number of thiophene rings is 1. The van der Waals surface area contributed by atoms with Crippen LogP contribution >= 0.6 is 23.7 Å². The van der Waals surface area contributed by atoms with Gasteiger partial charge in [0, 0.05) is 22.9 Å². The first-order valence-electron chi connectivity index (χ1n) is 9.51. The molecule has 30 heavy (non-hydrogen) atoms. The Morgan fingerprint density at radius 1 is 1.27 bits per heavy atom. The molecule has 0 aliphatic carbocycles. The van der Waals surface area contributed by atoms with Crippen molar-refractivity contribution in [3.05, 3.63) is 63.0 Å². The van der Waals surface area contributed by atoms with E-state index in [2.05, 4.69) is 10.3 Å². The summed E-state index contributed by atoms with van der Waals surface area (Å²) >= 11 is 1.40. The van der Waals surface area contributed by atoms with Crippen LogP contribution in [0.15, 0.2) is 40.5 Å². The number of methoxy groups -OCH3 is 1. The summed E-state index contributed by atoms with van der Waals surface area (Å²) in [6, 6.07) is 9.17. The molecule has 4 aromatic rings. The van der Waals surface area contributed by atoms with E-state index in [0.717, 1.165) is 33.0 Å². The monoisotopic (exact) mass is 446 g/mol. The summed E-state index contributed by atoms with van der Waals surface area (Å²) in [5, 5.41) is 6.74. The fraction of sp³-hybridized carbons (Fsp3) is 0.261. The van der Waals surface area contributed by atoms with Crippen LogP contribution in [0, 0.1) is 12.7 Å². The third-order valence-corrected chi connectivity index (χ3v) is 6.33. The number of H-pyrrole nitrogens is 1. The van der Waals surface area contributed by atoms with Crippen LogP contribution in [0.2, 0.25) is 0 Å². The summed E-state index contributed by atoms with van der Waals surface area (Å²) in [5.41, 5.74) is 3.75. The van der Waals surface area contributed by atoms with Crippen molar-refractivity contribution in [3.63, 3.8) is 0 Å². The van der Waals surface area contributed by atoms with Gasteiger partial charge in [0.2, 0.25) is 0 Å². The number of fused-ring (bicyclic) bond motifs is 3. The second kappa shape index (κ2) is 8.76. The van der Waals surface area contributed by atoms with Gasteiger partial charge in [0.05, 0.1) is 12.6 Å². The minimum Gasteiger partial charge on any atom is -0.496 e. The van der Waals surface area contributed by atoms with E-state index in [0.29, 0.717) is 22.6 Å². The highest BCUT2D eigenvalue weighted by molar-refractivity contribution is 7.17. The average Bonchev–Trinajstić information content (AvgIpc) is 3.19. The minimum absolute atomic E-state index is 0. The number of halogens is 2. The Bertz CT molecular complexity index is 1280. The largest absolute Gasteiger partial charge is 0.496 e. The Kier molecular flexibility index (Phi) is 6.50. The van der Waals surface area contributed by atoms with E-state index in [1.165, 1.54) is 11.3 Å². The maximum Gasteiger partial charge on any atom is 0.266 e. The molecule has 2 heterocycles. The molecule has 7 heteroatoms. The zero-order valence-electron chi connectivity index (χ0n) is 17.3. The average molecular weight is 447 g/mol. The van der Waals surface area contributed by atoms with Gasteiger partial charge in [-0.25, -0.2) is 4.39 Å². The molecule has 158 valence electrons. The summed E-state index contributed by atoms with van der Waals surface area (Å²) in [4.78, 5) is 15.5. The van der Waals surface area contributed by atoms with E-state index < -0.39 is 0 Å². The first-order chi connectivity index (χ1) is 14.0. The molecule has 0 radical (unpaired) electrons. The maximum atomic E-state index is 15.0. The molecule has 4 nitrogen and oxygen atoms in total. The molecule has 2 aromatic heterocycles. The topological polar surface area (TPSA) is 54.1 Å². The fourth-order valence-corrected chi connectivity index (χ4v) is 4.81. The van der Waals surface area contributed by atoms with Crippen LogP contribution in [0.3, 0.4) is 0 Å². The third kappa shape index (κ3) is 3.60. The number of benzene rings is 2. The van der Waals surface area contributed by atoms with Crippen molar-refractivity contribution >= 4 is 44.7 Å². The van der Waals surface area contributed by atoms with E-state index >= 15 is 4.39 Å². The number of nitrogens with one attached hydrogen (secondary N) is 2. The number of aromatic amines is 1. The number of pyridine rings is 1. The van der Waals surface area contributed by atoms with Crippen LogP contribution in [0.1, 0.15) is 24.0 Å². The summed E-state index contributed by atoms with van der Waals surface area (Å²) in [6.45, 7) is 4.63. The lowest BCUT2D eigenvalue weighted by atomic mass is 9.92. The number of aromatic nitrogens is 1. The lowest BCUT2D eigenvalue weighted by Gasteiger charge is -2.17. The molecular formula is C23H24ClFN2O2S. The van der Waals surface area contributed by atoms with E-state index in [4.69, 9.17) is 4.74 Å².